The van der Waals surface area contributed by atoms with Gasteiger partial charge in [-0.05, 0) is 24.3 Å². The fraction of sp³-hybridized carbons (Fsp3) is 0.357. The lowest BCUT2D eigenvalue weighted by Crippen LogP contribution is -2.13. The third-order valence-electron chi connectivity index (χ3n) is 2.86. The molecule has 2 aromatic rings. The van der Waals surface area contributed by atoms with E-state index < -0.39 is 10.0 Å². The van der Waals surface area contributed by atoms with E-state index in [4.69, 9.17) is 9.26 Å². The molecule has 0 fully saturated rings. The van der Waals surface area contributed by atoms with Gasteiger partial charge in [-0.1, -0.05) is 25.9 Å². The zero-order valence-electron chi connectivity index (χ0n) is 12.4. The van der Waals surface area contributed by atoms with E-state index in [-0.39, 0.29) is 16.1 Å². The van der Waals surface area contributed by atoms with Crippen LogP contribution in [0.3, 0.4) is 0 Å². The van der Waals surface area contributed by atoms with Gasteiger partial charge in [-0.2, -0.15) is 0 Å². The number of anilines is 1. The number of benzene rings is 1. The van der Waals surface area contributed by atoms with Gasteiger partial charge in [0.15, 0.2) is 5.82 Å². The van der Waals surface area contributed by atoms with Gasteiger partial charge in [0.25, 0.3) is 10.0 Å². The van der Waals surface area contributed by atoms with Gasteiger partial charge in [0.1, 0.15) is 11.5 Å². The molecule has 0 bridgehead atoms. The van der Waals surface area contributed by atoms with Crippen LogP contribution in [-0.2, 0) is 15.4 Å². The molecule has 1 aromatic carbocycles. The van der Waals surface area contributed by atoms with E-state index >= 15 is 0 Å². The van der Waals surface area contributed by atoms with Gasteiger partial charge in [-0.3, -0.25) is 4.72 Å². The highest BCUT2D eigenvalue weighted by Crippen LogP contribution is 2.25. The normalized spacial score (nSPS) is 12.2. The van der Waals surface area contributed by atoms with Gasteiger partial charge in [0, 0.05) is 11.5 Å². The maximum atomic E-state index is 12.2. The predicted octanol–water partition coefficient (Wildman–Crippen LogP) is 2.78. The molecule has 0 aliphatic carbocycles. The summed E-state index contributed by atoms with van der Waals surface area (Å²) in [6, 6.07) is 7.68. The van der Waals surface area contributed by atoms with Crippen LogP contribution >= 0.6 is 0 Å². The molecule has 0 unspecified atom stereocenters. The van der Waals surface area contributed by atoms with E-state index in [0.29, 0.717) is 11.5 Å². The third-order valence-corrected chi connectivity index (χ3v) is 4.23. The van der Waals surface area contributed by atoms with E-state index in [1.54, 1.807) is 18.2 Å². The minimum atomic E-state index is -3.70. The highest BCUT2D eigenvalue weighted by molar-refractivity contribution is 7.92. The highest BCUT2D eigenvalue weighted by Gasteiger charge is 2.22. The summed E-state index contributed by atoms with van der Waals surface area (Å²) >= 11 is 0. The van der Waals surface area contributed by atoms with Crippen molar-refractivity contribution in [2.24, 2.45) is 0 Å². The largest absolute Gasteiger partial charge is 0.497 e. The Balaban J connectivity index is 2.22. The molecule has 7 heteroatoms. The number of nitrogens with zero attached hydrogens (tertiary/aromatic N) is 1. The van der Waals surface area contributed by atoms with E-state index in [1.807, 2.05) is 20.8 Å². The first-order valence-corrected chi connectivity index (χ1v) is 7.85. The van der Waals surface area contributed by atoms with Crippen LogP contribution < -0.4 is 9.46 Å². The van der Waals surface area contributed by atoms with Crippen LogP contribution in [0.2, 0.25) is 0 Å². The zero-order chi connectivity index (χ0) is 15.7. The van der Waals surface area contributed by atoms with E-state index in [2.05, 4.69) is 9.88 Å². The standard InChI is InChI=1S/C14H18N2O4S/c1-14(2,3)12-9-13(15-20-12)16-21(17,18)11-7-5-10(19-4)6-8-11/h5-9H,1-4H3,(H,15,16). The second kappa shape index (κ2) is 5.40. The molecule has 0 spiro atoms. The van der Waals surface area contributed by atoms with Crippen molar-refractivity contribution >= 4 is 15.8 Å². The van der Waals surface area contributed by atoms with Crippen LogP contribution in [0.15, 0.2) is 39.8 Å². The quantitative estimate of drug-likeness (QED) is 0.939. The van der Waals surface area contributed by atoms with Gasteiger partial charge in [0.2, 0.25) is 0 Å². The van der Waals surface area contributed by atoms with Crippen molar-refractivity contribution in [2.45, 2.75) is 31.1 Å². The van der Waals surface area contributed by atoms with Crippen molar-refractivity contribution in [2.75, 3.05) is 11.8 Å². The molecule has 6 nitrogen and oxygen atoms in total. The average molecular weight is 310 g/mol. The number of rotatable bonds is 4. The van der Waals surface area contributed by atoms with Crippen LogP contribution in [0.5, 0.6) is 5.75 Å². The fourth-order valence-electron chi connectivity index (χ4n) is 1.63. The Hall–Kier alpha value is -2.02. The molecule has 0 atom stereocenters. The van der Waals surface area contributed by atoms with E-state index in [0.717, 1.165) is 0 Å². The second-order valence-corrected chi connectivity index (χ2v) is 7.29. The molecule has 0 saturated carbocycles. The van der Waals surface area contributed by atoms with Gasteiger partial charge < -0.3 is 9.26 Å². The van der Waals surface area contributed by atoms with Gasteiger partial charge in [-0.15, -0.1) is 0 Å². The molecule has 0 aliphatic heterocycles. The summed E-state index contributed by atoms with van der Waals surface area (Å²) in [6.07, 6.45) is 0. The number of aromatic nitrogens is 1. The van der Waals surface area contributed by atoms with Crippen LogP contribution in [-0.4, -0.2) is 20.7 Å². The molecular weight excluding hydrogens is 292 g/mol. The third kappa shape index (κ3) is 3.55. The zero-order valence-corrected chi connectivity index (χ0v) is 13.2. The molecule has 21 heavy (non-hydrogen) atoms. The van der Waals surface area contributed by atoms with Crippen LogP contribution in [0, 0.1) is 0 Å². The Kier molecular flexibility index (Phi) is 3.95. The number of hydrogen-bond acceptors (Lipinski definition) is 5. The molecule has 114 valence electrons. The lowest BCUT2D eigenvalue weighted by atomic mass is 9.93. The molecular formula is C14H18N2O4S. The summed E-state index contributed by atoms with van der Waals surface area (Å²) in [6.45, 7) is 5.86. The first kappa shape index (κ1) is 15.4. The lowest BCUT2D eigenvalue weighted by molar-refractivity contribution is 0.331. The number of sulfonamides is 1. The lowest BCUT2D eigenvalue weighted by Gasteiger charge is -2.12. The Bertz CT molecular complexity index is 712. The molecule has 1 aromatic heterocycles. The van der Waals surface area contributed by atoms with Crippen LogP contribution in [0.25, 0.3) is 0 Å². The molecule has 0 amide bonds. The Morgan fingerprint density at radius 1 is 1.19 bits per heavy atom. The summed E-state index contributed by atoms with van der Waals surface area (Å²) < 4.78 is 37.0. The maximum Gasteiger partial charge on any atom is 0.263 e. The second-order valence-electron chi connectivity index (χ2n) is 5.61. The first-order valence-electron chi connectivity index (χ1n) is 6.36. The number of methoxy groups -OCH3 is 1. The smallest absolute Gasteiger partial charge is 0.263 e. The predicted molar refractivity (Wildman–Crippen MR) is 79.0 cm³/mol. The van der Waals surface area contributed by atoms with Gasteiger partial charge >= 0.3 is 0 Å². The van der Waals surface area contributed by atoms with Crippen molar-refractivity contribution in [1.29, 1.82) is 0 Å². The molecule has 0 saturated heterocycles. The van der Waals surface area contributed by atoms with E-state index in [1.165, 1.54) is 19.2 Å². The number of nitrogens with one attached hydrogen (secondary N) is 1. The Labute approximate surface area is 124 Å². The van der Waals surface area contributed by atoms with E-state index in [9.17, 15) is 8.42 Å². The first-order chi connectivity index (χ1) is 9.72. The van der Waals surface area contributed by atoms with Crippen molar-refractivity contribution in [3.05, 3.63) is 36.1 Å². The molecule has 0 aliphatic rings. The molecule has 1 N–H and O–H groups in total. The van der Waals surface area contributed by atoms with Crippen LogP contribution in [0.4, 0.5) is 5.82 Å². The van der Waals surface area contributed by atoms with Gasteiger partial charge in [0.05, 0.1) is 12.0 Å². The topological polar surface area (TPSA) is 81.4 Å². The minimum Gasteiger partial charge on any atom is -0.497 e. The van der Waals surface area contributed by atoms with Crippen molar-refractivity contribution in [3.63, 3.8) is 0 Å². The Morgan fingerprint density at radius 2 is 1.81 bits per heavy atom. The highest BCUT2D eigenvalue weighted by atomic mass is 32.2. The average Bonchev–Trinajstić information content (AvgIpc) is 2.86. The number of ether oxygens (including phenoxy) is 1. The molecule has 0 radical (unpaired) electrons. The summed E-state index contributed by atoms with van der Waals surface area (Å²) in [5.74, 6) is 1.36. The van der Waals surface area contributed by atoms with Gasteiger partial charge in [-0.25, -0.2) is 8.42 Å². The Morgan fingerprint density at radius 3 is 2.29 bits per heavy atom. The summed E-state index contributed by atoms with van der Waals surface area (Å²) in [4.78, 5) is 0.128. The summed E-state index contributed by atoms with van der Waals surface area (Å²) in [5.41, 5.74) is -0.239. The van der Waals surface area contributed by atoms with Crippen molar-refractivity contribution in [3.8, 4) is 5.75 Å². The maximum absolute atomic E-state index is 12.2. The van der Waals surface area contributed by atoms with Crippen molar-refractivity contribution < 1.29 is 17.7 Å². The van der Waals surface area contributed by atoms with Crippen LogP contribution in [0.1, 0.15) is 26.5 Å². The monoisotopic (exact) mass is 310 g/mol. The fourth-order valence-corrected chi connectivity index (χ4v) is 2.61. The molecule has 2 rings (SSSR count). The minimum absolute atomic E-state index is 0.128. The SMILES string of the molecule is COc1ccc(S(=O)(=O)Nc2cc(C(C)(C)C)on2)cc1. The summed E-state index contributed by atoms with van der Waals surface area (Å²) in [7, 11) is -2.18. The molecule has 1 heterocycles. The van der Waals surface area contributed by atoms with Crippen molar-refractivity contribution in [1.82, 2.24) is 5.16 Å². The summed E-state index contributed by atoms with van der Waals surface area (Å²) in [5, 5.41) is 3.74. The number of hydrogen-bond donors (Lipinski definition) is 1.